The Hall–Kier alpha value is -5.88. The number of unbranched alkanes of at least 4 members (excludes halogenated alkanes) is 2. The molecule has 5 heterocycles. The maximum absolute atomic E-state index is 13.7. The highest BCUT2D eigenvalue weighted by molar-refractivity contribution is 7.11. The lowest BCUT2D eigenvalue weighted by Crippen LogP contribution is -2.32. The van der Waals surface area contributed by atoms with E-state index in [9.17, 15) is 9.59 Å². The summed E-state index contributed by atoms with van der Waals surface area (Å²) in [5.74, 6) is 1.85. The number of methoxy groups -OCH3 is 2. The van der Waals surface area contributed by atoms with Crippen LogP contribution in [0.4, 0.5) is 17.1 Å². The van der Waals surface area contributed by atoms with Gasteiger partial charge in [-0.3, -0.25) is 19.6 Å². The first-order valence-corrected chi connectivity index (χ1v) is 19.0. The Kier molecular flexibility index (Phi) is 9.92. The molecule has 2 amide bonds. The predicted molar refractivity (Wildman–Crippen MR) is 213 cm³/mol. The van der Waals surface area contributed by atoms with Crippen LogP contribution in [0.1, 0.15) is 63.3 Å². The van der Waals surface area contributed by atoms with Crippen molar-refractivity contribution in [2.45, 2.75) is 44.2 Å². The molecule has 0 radical (unpaired) electrons. The molecule has 4 aromatic rings. The molecule has 0 fully saturated rings. The zero-order valence-corrected chi connectivity index (χ0v) is 31.2. The van der Waals surface area contributed by atoms with Crippen molar-refractivity contribution in [2.24, 2.45) is 9.98 Å². The van der Waals surface area contributed by atoms with E-state index in [-0.39, 0.29) is 23.9 Å². The maximum atomic E-state index is 13.7. The van der Waals surface area contributed by atoms with Gasteiger partial charge < -0.3 is 34.1 Å². The minimum absolute atomic E-state index is 0.105. The number of rotatable bonds is 13. The van der Waals surface area contributed by atoms with Crippen molar-refractivity contribution >= 4 is 63.8 Å². The minimum atomic E-state index is -0.164. The average molecular weight is 744 g/mol. The quantitative estimate of drug-likeness (QED) is 0.137. The summed E-state index contributed by atoms with van der Waals surface area (Å²) in [5.41, 5.74) is 6.44. The molecule has 0 aliphatic carbocycles. The summed E-state index contributed by atoms with van der Waals surface area (Å²) in [6, 6.07) is 19.0. The van der Waals surface area contributed by atoms with Gasteiger partial charge in [0.1, 0.15) is 0 Å². The average Bonchev–Trinajstić information content (AvgIpc) is 3.96. The fourth-order valence-corrected chi connectivity index (χ4v) is 7.92. The van der Waals surface area contributed by atoms with Crippen molar-refractivity contribution in [1.82, 2.24) is 9.80 Å². The highest BCUT2D eigenvalue weighted by atomic mass is 32.1. The number of anilines is 1. The molecular weight excluding hydrogens is 703 g/mol. The molecule has 3 aromatic carbocycles. The number of hydrogen-bond acceptors (Lipinski definition) is 10. The van der Waals surface area contributed by atoms with Gasteiger partial charge in [-0.2, -0.15) is 0 Å². The van der Waals surface area contributed by atoms with Gasteiger partial charge >= 0.3 is 0 Å². The van der Waals surface area contributed by atoms with Crippen LogP contribution >= 0.6 is 11.3 Å². The van der Waals surface area contributed by atoms with Gasteiger partial charge in [-0.05, 0) is 71.7 Å². The van der Waals surface area contributed by atoms with Gasteiger partial charge in [-0.1, -0.05) is 18.2 Å². The smallest absolute Gasteiger partial charge is 0.260 e. The minimum Gasteiger partial charge on any atom is -0.493 e. The van der Waals surface area contributed by atoms with Crippen molar-refractivity contribution in [3.05, 3.63) is 100 Å². The second-order valence-electron chi connectivity index (χ2n) is 13.4. The summed E-state index contributed by atoms with van der Waals surface area (Å²) in [4.78, 5) is 41.4. The van der Waals surface area contributed by atoms with Crippen LogP contribution in [0.25, 0.3) is 11.1 Å². The third-order valence-corrected chi connectivity index (χ3v) is 11.1. The van der Waals surface area contributed by atoms with Crippen molar-refractivity contribution < 1.29 is 28.5 Å². The van der Waals surface area contributed by atoms with Crippen molar-refractivity contribution in [3.63, 3.8) is 0 Å². The number of fused-ring (bicyclic) bond motifs is 4. The molecule has 0 saturated heterocycles. The first-order valence-electron chi connectivity index (χ1n) is 18.1. The van der Waals surface area contributed by atoms with E-state index in [0.717, 1.165) is 48.1 Å². The Morgan fingerprint density at radius 2 is 1.28 bits per heavy atom. The molecule has 2 atom stereocenters. The Balaban J connectivity index is 0.850. The summed E-state index contributed by atoms with van der Waals surface area (Å²) in [7, 11) is 5.04. The lowest BCUT2D eigenvalue weighted by molar-refractivity contribution is 0.0809. The highest BCUT2D eigenvalue weighted by Crippen LogP contribution is 2.42. The van der Waals surface area contributed by atoms with Gasteiger partial charge in [0.15, 0.2) is 23.0 Å². The maximum Gasteiger partial charge on any atom is 0.260 e. The van der Waals surface area contributed by atoms with Gasteiger partial charge in [-0.15, -0.1) is 11.3 Å². The molecular formula is C42H41N5O6S. The van der Waals surface area contributed by atoms with Gasteiger partial charge in [0.2, 0.25) is 0 Å². The van der Waals surface area contributed by atoms with Gasteiger partial charge in [0.25, 0.3) is 11.8 Å². The van der Waals surface area contributed by atoms with Gasteiger partial charge in [0, 0.05) is 67.4 Å². The molecule has 11 nitrogen and oxygen atoms in total. The van der Waals surface area contributed by atoms with Crippen molar-refractivity contribution in [1.29, 1.82) is 0 Å². The Bertz CT molecular complexity index is 2190. The molecule has 1 N–H and O–H groups in total. The standard InChI is InChI=1S/C42H41N5O6S/c1-43-29-11-9-26(10-12-29)27-16-30-22-44-34-20-38(36(50-2)18-32(34)41(48)46(30)24-27)52-13-5-4-6-14-53-39-21-35-33(19-37(39)51-3)42(49)47-25-28(17-31(47)23-45-35)40-8-7-15-54-40/h7-12,15,18-25,30-31,43H,4-6,13-14,16-17H2,1-3H3. The zero-order valence-electron chi connectivity index (χ0n) is 30.4. The topological polar surface area (TPSA) is 114 Å². The molecule has 0 spiro atoms. The molecule has 4 aliphatic heterocycles. The molecule has 276 valence electrons. The van der Waals surface area contributed by atoms with Crippen LogP contribution in [0.3, 0.4) is 0 Å². The van der Waals surface area contributed by atoms with Crippen LogP contribution in [0, 0.1) is 0 Å². The van der Waals surface area contributed by atoms with E-state index in [0.29, 0.717) is 65.1 Å². The number of nitrogens with zero attached hydrogens (tertiary/aromatic N) is 4. The monoisotopic (exact) mass is 743 g/mol. The summed E-state index contributed by atoms with van der Waals surface area (Å²) >= 11 is 1.67. The number of carbonyl (C=O) groups is 2. The zero-order chi connectivity index (χ0) is 37.2. The Morgan fingerprint density at radius 3 is 1.80 bits per heavy atom. The highest BCUT2D eigenvalue weighted by Gasteiger charge is 2.35. The number of ether oxygens (including phenoxy) is 4. The van der Waals surface area contributed by atoms with E-state index in [1.807, 2.05) is 55.5 Å². The molecule has 1 aromatic heterocycles. The molecule has 54 heavy (non-hydrogen) atoms. The van der Waals surface area contributed by atoms with E-state index >= 15 is 0 Å². The summed E-state index contributed by atoms with van der Waals surface area (Å²) < 4.78 is 23.6. The molecule has 4 aliphatic rings. The summed E-state index contributed by atoms with van der Waals surface area (Å²) in [6.45, 7) is 0.918. The van der Waals surface area contributed by atoms with Gasteiger partial charge in [0.05, 0.1) is 62.0 Å². The van der Waals surface area contributed by atoms with Crippen molar-refractivity contribution in [3.8, 4) is 23.0 Å². The third kappa shape index (κ3) is 6.84. The van der Waals surface area contributed by atoms with Crippen LogP contribution in [-0.4, -0.2) is 80.6 Å². The molecule has 2 unspecified atom stereocenters. The van der Waals surface area contributed by atoms with Crippen LogP contribution in [0.15, 0.2) is 88.4 Å². The molecule has 8 rings (SSSR count). The van der Waals surface area contributed by atoms with Crippen LogP contribution in [0.2, 0.25) is 0 Å². The number of thiophene rings is 1. The summed E-state index contributed by atoms with van der Waals surface area (Å²) in [6.07, 6.45) is 11.4. The predicted octanol–water partition coefficient (Wildman–Crippen LogP) is 8.38. The number of amides is 2. The lowest BCUT2D eigenvalue weighted by atomic mass is 10.0. The van der Waals surface area contributed by atoms with E-state index in [1.54, 1.807) is 59.6 Å². The van der Waals surface area contributed by atoms with Crippen LogP contribution < -0.4 is 24.3 Å². The molecule has 12 heteroatoms. The van der Waals surface area contributed by atoms with E-state index < -0.39 is 0 Å². The lowest BCUT2D eigenvalue weighted by Gasteiger charge is -2.19. The third-order valence-electron chi connectivity index (χ3n) is 10.1. The number of nitrogens with one attached hydrogen (secondary N) is 1. The van der Waals surface area contributed by atoms with Crippen molar-refractivity contribution in [2.75, 3.05) is 39.8 Å². The first-order chi connectivity index (χ1) is 26.4. The SMILES string of the molecule is CNc1ccc(C2=CN3C(=O)c4cc(OC)c(OCCCCCOc5cc6c(cc5OC)C(=O)N5C=C(c7cccs7)CC5C=N6)cc4N=CC3C2)cc1. The van der Waals surface area contributed by atoms with E-state index in [4.69, 9.17) is 28.9 Å². The number of benzene rings is 3. The normalized spacial score (nSPS) is 18.2. The van der Waals surface area contributed by atoms with E-state index in [2.05, 4.69) is 23.5 Å². The number of hydrogen-bond donors (Lipinski definition) is 1. The Morgan fingerprint density at radius 1 is 0.722 bits per heavy atom. The number of aliphatic imine (C=N–C) groups is 2. The summed E-state index contributed by atoms with van der Waals surface area (Å²) in [5, 5.41) is 5.18. The number of carbonyl (C=O) groups excluding carboxylic acids is 2. The van der Waals surface area contributed by atoms with Crippen LogP contribution in [-0.2, 0) is 0 Å². The second kappa shape index (κ2) is 15.2. The fourth-order valence-electron chi connectivity index (χ4n) is 7.17. The van der Waals surface area contributed by atoms with Crippen LogP contribution in [0.5, 0.6) is 23.0 Å². The fraction of sp³-hybridized carbons (Fsp3) is 0.286. The van der Waals surface area contributed by atoms with Gasteiger partial charge in [-0.25, -0.2) is 0 Å². The molecule has 0 saturated carbocycles. The molecule has 0 bridgehead atoms. The largest absolute Gasteiger partial charge is 0.493 e. The van der Waals surface area contributed by atoms with E-state index in [1.165, 1.54) is 4.88 Å². The first kappa shape index (κ1) is 35.2. The Labute approximate surface area is 318 Å². The second-order valence-corrected chi connectivity index (χ2v) is 14.4.